The molecule has 4 heteroatoms. The van der Waals surface area contributed by atoms with Gasteiger partial charge < -0.3 is 10.5 Å². The Hall–Kier alpha value is -0.960. The van der Waals surface area contributed by atoms with Crippen molar-refractivity contribution >= 4 is 18.1 Å². The van der Waals surface area contributed by atoms with Crippen molar-refractivity contribution in [2.75, 3.05) is 5.73 Å². The van der Waals surface area contributed by atoms with E-state index in [0.717, 1.165) is 12.8 Å². The number of rotatable bonds is 2. The molecule has 0 bridgehead atoms. The molecular formula is C9H11ClFNO. The summed E-state index contributed by atoms with van der Waals surface area (Å²) in [5.41, 5.74) is 5.51. The fourth-order valence-electron chi connectivity index (χ4n) is 0.973. The summed E-state index contributed by atoms with van der Waals surface area (Å²) in [5, 5.41) is 0. The molecule has 2 rings (SSSR count). The summed E-state index contributed by atoms with van der Waals surface area (Å²) in [6.07, 6.45) is 2.52. The van der Waals surface area contributed by atoms with Crippen molar-refractivity contribution in [1.82, 2.24) is 0 Å². The molecule has 0 aromatic heterocycles. The molecule has 1 aliphatic carbocycles. The van der Waals surface area contributed by atoms with Crippen LogP contribution in [0.2, 0.25) is 0 Å². The van der Waals surface area contributed by atoms with Crippen LogP contribution in [0.15, 0.2) is 18.2 Å². The predicted octanol–water partition coefficient (Wildman–Crippen LogP) is 2.37. The number of hydrogen-bond donors (Lipinski definition) is 1. The molecule has 0 unspecified atom stereocenters. The molecule has 0 radical (unpaired) electrons. The summed E-state index contributed by atoms with van der Waals surface area (Å²) in [5.74, 6) is 0.273. The number of nitrogens with two attached hydrogens (primary N) is 1. The van der Waals surface area contributed by atoms with Crippen molar-refractivity contribution in [2.45, 2.75) is 18.9 Å². The van der Waals surface area contributed by atoms with Gasteiger partial charge in [0.2, 0.25) is 0 Å². The average Bonchev–Trinajstić information content (AvgIpc) is 2.81. The molecule has 1 fully saturated rings. The van der Waals surface area contributed by atoms with Crippen LogP contribution in [-0.2, 0) is 0 Å². The van der Waals surface area contributed by atoms with E-state index < -0.39 is 5.82 Å². The van der Waals surface area contributed by atoms with Gasteiger partial charge >= 0.3 is 0 Å². The smallest absolute Gasteiger partial charge is 0.146 e. The van der Waals surface area contributed by atoms with Crippen molar-refractivity contribution in [3.8, 4) is 5.75 Å². The molecule has 1 saturated carbocycles. The van der Waals surface area contributed by atoms with E-state index in [1.807, 2.05) is 0 Å². The fraction of sp³-hybridized carbons (Fsp3) is 0.333. The number of anilines is 1. The minimum atomic E-state index is -0.391. The number of ether oxygens (including phenoxy) is 1. The number of benzene rings is 1. The lowest BCUT2D eigenvalue weighted by Gasteiger charge is -2.04. The SMILES string of the molecule is Cl.Nc1cc(OC2CC2)ccc1F. The van der Waals surface area contributed by atoms with Gasteiger partial charge in [-0.15, -0.1) is 12.4 Å². The number of nitrogen functional groups attached to an aromatic ring is 1. The molecule has 72 valence electrons. The molecule has 2 N–H and O–H groups in total. The highest BCUT2D eigenvalue weighted by Crippen LogP contribution is 2.28. The van der Waals surface area contributed by atoms with Crippen LogP contribution in [0.4, 0.5) is 10.1 Å². The number of halogens is 2. The van der Waals surface area contributed by atoms with Gasteiger partial charge in [-0.2, -0.15) is 0 Å². The van der Waals surface area contributed by atoms with E-state index in [9.17, 15) is 4.39 Å². The Morgan fingerprint density at radius 2 is 2.08 bits per heavy atom. The quantitative estimate of drug-likeness (QED) is 0.749. The lowest BCUT2D eigenvalue weighted by Crippen LogP contribution is -1.97. The highest BCUT2D eigenvalue weighted by molar-refractivity contribution is 5.85. The summed E-state index contributed by atoms with van der Waals surface area (Å²) in [6, 6.07) is 4.45. The van der Waals surface area contributed by atoms with Crippen LogP contribution in [0.5, 0.6) is 5.75 Å². The van der Waals surface area contributed by atoms with Gasteiger partial charge in [0.15, 0.2) is 0 Å². The van der Waals surface area contributed by atoms with E-state index >= 15 is 0 Å². The monoisotopic (exact) mass is 203 g/mol. The third-order valence-corrected chi connectivity index (χ3v) is 1.79. The van der Waals surface area contributed by atoms with Gasteiger partial charge in [0.05, 0.1) is 11.8 Å². The molecule has 13 heavy (non-hydrogen) atoms. The van der Waals surface area contributed by atoms with E-state index in [1.165, 1.54) is 12.1 Å². The molecule has 0 aliphatic heterocycles. The van der Waals surface area contributed by atoms with Crippen LogP contribution < -0.4 is 10.5 Å². The van der Waals surface area contributed by atoms with Gasteiger partial charge in [0, 0.05) is 6.07 Å². The molecule has 0 heterocycles. The van der Waals surface area contributed by atoms with Crippen LogP contribution in [0, 0.1) is 5.82 Å². The van der Waals surface area contributed by atoms with E-state index in [1.54, 1.807) is 6.07 Å². The van der Waals surface area contributed by atoms with Gasteiger partial charge in [-0.3, -0.25) is 0 Å². The van der Waals surface area contributed by atoms with Gasteiger partial charge in [-0.1, -0.05) is 0 Å². The van der Waals surface area contributed by atoms with Crippen molar-refractivity contribution in [2.24, 2.45) is 0 Å². The van der Waals surface area contributed by atoms with Crippen molar-refractivity contribution in [1.29, 1.82) is 0 Å². The largest absolute Gasteiger partial charge is 0.490 e. The average molecular weight is 204 g/mol. The zero-order valence-corrected chi connectivity index (χ0v) is 7.81. The maximum Gasteiger partial charge on any atom is 0.146 e. The Bertz CT molecular complexity index is 302. The molecule has 1 aromatic carbocycles. The van der Waals surface area contributed by atoms with E-state index in [4.69, 9.17) is 10.5 Å². The highest BCUT2D eigenvalue weighted by Gasteiger charge is 2.23. The second-order valence-corrected chi connectivity index (χ2v) is 3.00. The zero-order chi connectivity index (χ0) is 8.55. The first-order chi connectivity index (χ1) is 5.75. The highest BCUT2D eigenvalue weighted by atomic mass is 35.5. The van der Waals surface area contributed by atoms with Crippen LogP contribution in [0.25, 0.3) is 0 Å². The van der Waals surface area contributed by atoms with Crippen LogP contribution >= 0.6 is 12.4 Å². The van der Waals surface area contributed by atoms with Crippen molar-refractivity contribution in [3.05, 3.63) is 24.0 Å². The first kappa shape index (κ1) is 10.1. The molecule has 0 saturated heterocycles. The van der Waals surface area contributed by atoms with Crippen LogP contribution in [0.3, 0.4) is 0 Å². The zero-order valence-electron chi connectivity index (χ0n) is 7.00. The summed E-state index contributed by atoms with van der Waals surface area (Å²) >= 11 is 0. The molecule has 1 aromatic rings. The van der Waals surface area contributed by atoms with E-state index in [0.29, 0.717) is 11.9 Å². The minimum Gasteiger partial charge on any atom is -0.490 e. The Kier molecular flexibility index (Phi) is 2.98. The molecule has 0 spiro atoms. The summed E-state index contributed by atoms with van der Waals surface area (Å²) in [4.78, 5) is 0. The molecule has 2 nitrogen and oxygen atoms in total. The fourth-order valence-corrected chi connectivity index (χ4v) is 0.973. The van der Waals surface area contributed by atoms with Crippen molar-refractivity contribution < 1.29 is 9.13 Å². The predicted molar refractivity (Wildman–Crippen MR) is 51.7 cm³/mol. The Labute approximate surface area is 82.3 Å². The maximum absolute atomic E-state index is 12.7. The normalized spacial score (nSPS) is 14.8. The Morgan fingerprint density at radius 3 is 2.62 bits per heavy atom. The first-order valence-electron chi connectivity index (χ1n) is 3.97. The van der Waals surface area contributed by atoms with E-state index in [2.05, 4.69) is 0 Å². The lowest BCUT2D eigenvalue weighted by molar-refractivity contribution is 0.303. The van der Waals surface area contributed by atoms with E-state index in [-0.39, 0.29) is 18.1 Å². The third kappa shape index (κ3) is 2.49. The van der Waals surface area contributed by atoms with Gasteiger partial charge in [-0.25, -0.2) is 4.39 Å². The second kappa shape index (κ2) is 3.83. The minimum absolute atomic E-state index is 0. The van der Waals surface area contributed by atoms with Crippen LogP contribution in [0.1, 0.15) is 12.8 Å². The first-order valence-corrected chi connectivity index (χ1v) is 3.97. The van der Waals surface area contributed by atoms with Crippen LogP contribution in [-0.4, -0.2) is 6.10 Å². The lowest BCUT2D eigenvalue weighted by atomic mass is 10.3. The Balaban J connectivity index is 0.000000845. The summed E-state index contributed by atoms with van der Waals surface area (Å²) in [7, 11) is 0. The summed E-state index contributed by atoms with van der Waals surface area (Å²) < 4.78 is 18.1. The number of hydrogen-bond acceptors (Lipinski definition) is 2. The topological polar surface area (TPSA) is 35.2 Å². The Morgan fingerprint density at radius 1 is 1.38 bits per heavy atom. The summed E-state index contributed by atoms with van der Waals surface area (Å²) in [6.45, 7) is 0. The second-order valence-electron chi connectivity index (χ2n) is 3.00. The molecule has 0 atom stereocenters. The third-order valence-electron chi connectivity index (χ3n) is 1.79. The standard InChI is InChI=1S/C9H10FNO.ClH/c10-8-4-3-7(5-9(8)11)12-6-1-2-6;/h3-6H,1-2,11H2;1H. The molecule has 0 amide bonds. The maximum atomic E-state index is 12.7. The molecule has 1 aliphatic rings. The van der Waals surface area contributed by atoms with Gasteiger partial charge in [0.1, 0.15) is 11.6 Å². The van der Waals surface area contributed by atoms with Gasteiger partial charge in [-0.05, 0) is 25.0 Å². The molecular weight excluding hydrogens is 193 g/mol. The van der Waals surface area contributed by atoms with Gasteiger partial charge in [0.25, 0.3) is 0 Å². The van der Waals surface area contributed by atoms with Crippen molar-refractivity contribution in [3.63, 3.8) is 0 Å².